The SMILES string of the molecule is C/C=C\C(C)=C\[C@H](C)[C@@H]1CC=CC(=O)O1. The minimum Gasteiger partial charge on any atom is -0.458 e. The number of allylic oxidation sites excluding steroid dienone is 3. The highest BCUT2D eigenvalue weighted by Gasteiger charge is 2.20. The minimum atomic E-state index is -0.227. The van der Waals surface area contributed by atoms with Gasteiger partial charge in [-0.05, 0) is 13.8 Å². The fourth-order valence-electron chi connectivity index (χ4n) is 1.70. The van der Waals surface area contributed by atoms with Gasteiger partial charge in [0.2, 0.25) is 0 Å². The Morgan fingerprint density at radius 3 is 3.00 bits per heavy atom. The Morgan fingerprint density at radius 1 is 1.67 bits per heavy atom. The second kappa shape index (κ2) is 5.54. The summed E-state index contributed by atoms with van der Waals surface area (Å²) in [6.07, 6.45) is 10.4. The highest BCUT2D eigenvalue weighted by molar-refractivity contribution is 5.82. The van der Waals surface area contributed by atoms with Crippen LogP contribution in [0.1, 0.15) is 27.2 Å². The Bertz CT molecular complexity index is 310. The van der Waals surface area contributed by atoms with E-state index in [1.165, 1.54) is 11.6 Å². The third kappa shape index (κ3) is 3.74. The second-order valence-corrected chi connectivity index (χ2v) is 3.88. The summed E-state index contributed by atoms with van der Waals surface area (Å²) in [5.41, 5.74) is 1.20. The molecule has 0 spiro atoms. The predicted octanol–water partition coefficient (Wildman–Crippen LogP) is 3.02. The molecule has 0 aliphatic carbocycles. The summed E-state index contributed by atoms with van der Waals surface area (Å²) >= 11 is 0. The van der Waals surface area contributed by atoms with Crippen molar-refractivity contribution in [1.29, 1.82) is 0 Å². The molecule has 2 nitrogen and oxygen atoms in total. The fraction of sp³-hybridized carbons (Fsp3) is 0.462. The van der Waals surface area contributed by atoms with E-state index < -0.39 is 0 Å². The van der Waals surface area contributed by atoms with Crippen LogP contribution in [-0.4, -0.2) is 12.1 Å². The van der Waals surface area contributed by atoms with Gasteiger partial charge in [-0.25, -0.2) is 4.79 Å². The number of carbonyl (C=O) groups excluding carboxylic acids is 1. The molecule has 0 saturated heterocycles. The van der Waals surface area contributed by atoms with Crippen LogP contribution >= 0.6 is 0 Å². The topological polar surface area (TPSA) is 26.3 Å². The summed E-state index contributed by atoms with van der Waals surface area (Å²) in [7, 11) is 0. The van der Waals surface area contributed by atoms with E-state index in [1.54, 1.807) is 0 Å². The van der Waals surface area contributed by atoms with Crippen molar-refractivity contribution in [3.05, 3.63) is 36.0 Å². The van der Waals surface area contributed by atoms with Crippen LogP contribution in [0.2, 0.25) is 0 Å². The Kier molecular flexibility index (Phi) is 4.35. The first-order chi connectivity index (χ1) is 7.13. The molecule has 0 unspecified atom stereocenters. The first kappa shape index (κ1) is 11.8. The summed E-state index contributed by atoms with van der Waals surface area (Å²) in [5, 5.41) is 0. The van der Waals surface area contributed by atoms with Crippen molar-refractivity contribution in [2.45, 2.75) is 33.3 Å². The monoisotopic (exact) mass is 206 g/mol. The van der Waals surface area contributed by atoms with Crippen LogP contribution in [0, 0.1) is 5.92 Å². The summed E-state index contributed by atoms with van der Waals surface area (Å²) in [4.78, 5) is 11.0. The van der Waals surface area contributed by atoms with E-state index >= 15 is 0 Å². The Hall–Kier alpha value is -1.31. The van der Waals surface area contributed by atoms with Gasteiger partial charge in [0.15, 0.2) is 0 Å². The van der Waals surface area contributed by atoms with E-state index in [9.17, 15) is 4.79 Å². The van der Waals surface area contributed by atoms with E-state index in [4.69, 9.17) is 4.74 Å². The van der Waals surface area contributed by atoms with E-state index in [-0.39, 0.29) is 18.0 Å². The van der Waals surface area contributed by atoms with Gasteiger partial charge in [-0.2, -0.15) is 0 Å². The van der Waals surface area contributed by atoms with Crippen LogP contribution in [0.4, 0.5) is 0 Å². The maximum absolute atomic E-state index is 11.0. The summed E-state index contributed by atoms with van der Waals surface area (Å²) in [6.45, 7) is 6.12. The van der Waals surface area contributed by atoms with Crippen LogP contribution in [0.15, 0.2) is 36.0 Å². The van der Waals surface area contributed by atoms with Crippen molar-refractivity contribution >= 4 is 5.97 Å². The lowest BCUT2D eigenvalue weighted by Crippen LogP contribution is -2.25. The maximum Gasteiger partial charge on any atom is 0.330 e. The molecule has 82 valence electrons. The molecule has 1 rings (SSSR count). The molecule has 1 heterocycles. The minimum absolute atomic E-state index is 0.0114. The number of hydrogen-bond donors (Lipinski definition) is 0. The van der Waals surface area contributed by atoms with Crippen LogP contribution in [0.25, 0.3) is 0 Å². The van der Waals surface area contributed by atoms with Crippen molar-refractivity contribution < 1.29 is 9.53 Å². The van der Waals surface area contributed by atoms with E-state index in [1.807, 2.05) is 19.1 Å². The zero-order valence-electron chi connectivity index (χ0n) is 9.57. The molecule has 0 aromatic rings. The second-order valence-electron chi connectivity index (χ2n) is 3.88. The average molecular weight is 206 g/mol. The van der Waals surface area contributed by atoms with Gasteiger partial charge in [0, 0.05) is 18.4 Å². The van der Waals surface area contributed by atoms with Crippen molar-refractivity contribution in [3.8, 4) is 0 Å². The standard InChI is InChI=1S/C13H18O2/c1-4-6-10(2)9-11(3)12-7-5-8-13(14)15-12/h4-6,8-9,11-12H,7H2,1-3H3/b6-4-,10-9+/t11-,12-/m0/s1. The summed E-state index contributed by atoms with van der Waals surface area (Å²) in [6, 6.07) is 0. The lowest BCUT2D eigenvalue weighted by molar-refractivity contribution is -0.145. The fourth-order valence-corrected chi connectivity index (χ4v) is 1.70. The maximum atomic E-state index is 11.0. The Morgan fingerprint density at radius 2 is 2.40 bits per heavy atom. The molecule has 15 heavy (non-hydrogen) atoms. The van der Waals surface area contributed by atoms with E-state index in [2.05, 4.69) is 26.0 Å². The van der Waals surface area contributed by atoms with Crippen molar-refractivity contribution in [3.63, 3.8) is 0 Å². The van der Waals surface area contributed by atoms with Gasteiger partial charge in [-0.3, -0.25) is 0 Å². The Labute approximate surface area is 91.3 Å². The molecule has 0 radical (unpaired) electrons. The van der Waals surface area contributed by atoms with Crippen molar-refractivity contribution in [1.82, 2.24) is 0 Å². The largest absolute Gasteiger partial charge is 0.458 e. The van der Waals surface area contributed by atoms with Crippen LogP contribution in [-0.2, 0) is 9.53 Å². The lowest BCUT2D eigenvalue weighted by Gasteiger charge is -2.23. The van der Waals surface area contributed by atoms with Crippen molar-refractivity contribution in [2.75, 3.05) is 0 Å². The van der Waals surface area contributed by atoms with E-state index in [0.29, 0.717) is 0 Å². The van der Waals surface area contributed by atoms with Gasteiger partial charge in [-0.1, -0.05) is 36.8 Å². The first-order valence-electron chi connectivity index (χ1n) is 5.31. The number of hydrogen-bond acceptors (Lipinski definition) is 2. The van der Waals surface area contributed by atoms with Gasteiger partial charge in [0.1, 0.15) is 6.10 Å². The zero-order chi connectivity index (χ0) is 11.3. The first-order valence-corrected chi connectivity index (χ1v) is 5.31. The normalized spacial score (nSPS) is 24.3. The predicted molar refractivity (Wildman–Crippen MR) is 61.4 cm³/mol. The van der Waals surface area contributed by atoms with Gasteiger partial charge in [-0.15, -0.1) is 0 Å². The molecule has 0 N–H and O–H groups in total. The molecular formula is C13H18O2. The summed E-state index contributed by atoms with van der Waals surface area (Å²) < 4.78 is 5.23. The third-order valence-corrected chi connectivity index (χ3v) is 2.43. The molecule has 1 aliphatic heterocycles. The molecule has 0 aromatic heterocycles. The Balaban J connectivity index is 2.61. The number of cyclic esters (lactones) is 1. The molecular weight excluding hydrogens is 188 g/mol. The molecule has 0 fully saturated rings. The highest BCUT2D eigenvalue weighted by Crippen LogP contribution is 2.19. The smallest absolute Gasteiger partial charge is 0.330 e. The van der Waals surface area contributed by atoms with Crippen LogP contribution in [0.3, 0.4) is 0 Å². The van der Waals surface area contributed by atoms with Crippen molar-refractivity contribution in [2.24, 2.45) is 5.92 Å². The molecule has 0 bridgehead atoms. The number of carbonyl (C=O) groups is 1. The molecule has 0 amide bonds. The van der Waals surface area contributed by atoms with Gasteiger partial charge >= 0.3 is 5.97 Å². The average Bonchev–Trinajstić information content (AvgIpc) is 2.18. The zero-order valence-corrected chi connectivity index (χ0v) is 9.57. The molecule has 2 atom stereocenters. The third-order valence-electron chi connectivity index (χ3n) is 2.43. The van der Waals surface area contributed by atoms with Gasteiger partial charge < -0.3 is 4.74 Å². The van der Waals surface area contributed by atoms with Crippen LogP contribution in [0.5, 0.6) is 0 Å². The number of esters is 1. The molecule has 0 saturated carbocycles. The number of ether oxygens (including phenoxy) is 1. The molecule has 2 heteroatoms. The lowest BCUT2D eigenvalue weighted by atomic mass is 9.97. The van der Waals surface area contributed by atoms with Gasteiger partial charge in [0.05, 0.1) is 0 Å². The van der Waals surface area contributed by atoms with Gasteiger partial charge in [0.25, 0.3) is 0 Å². The van der Waals surface area contributed by atoms with E-state index in [0.717, 1.165) is 6.42 Å². The summed E-state index contributed by atoms with van der Waals surface area (Å²) in [5.74, 6) is 0.0327. The van der Waals surface area contributed by atoms with Crippen LogP contribution < -0.4 is 0 Å². The quantitative estimate of drug-likeness (QED) is 0.524. The highest BCUT2D eigenvalue weighted by atomic mass is 16.5. The molecule has 1 aliphatic rings. The number of rotatable bonds is 3. The molecule has 0 aromatic carbocycles.